The Morgan fingerprint density at radius 1 is 1.35 bits per heavy atom. The number of anilines is 1. The maximum atomic E-state index is 12.3. The number of carbonyl (C=O) groups is 1. The van der Waals surface area contributed by atoms with Gasteiger partial charge in [-0.15, -0.1) is 0 Å². The maximum Gasteiger partial charge on any atom is 0.295 e. The third kappa shape index (κ3) is 3.61. The Balaban J connectivity index is 1.61. The van der Waals surface area contributed by atoms with Crippen molar-refractivity contribution in [3.8, 4) is 0 Å². The van der Waals surface area contributed by atoms with Crippen LogP contribution in [-0.4, -0.2) is 34.9 Å². The van der Waals surface area contributed by atoms with Gasteiger partial charge in [0.2, 0.25) is 5.91 Å². The van der Waals surface area contributed by atoms with Crippen LogP contribution >= 0.6 is 11.6 Å². The molecule has 0 unspecified atom stereocenters. The first-order valence-corrected chi connectivity index (χ1v) is 8.33. The molecule has 1 amide bonds. The number of oxazole rings is 1. The fraction of sp³-hybridized carbons (Fsp3) is 0.529. The van der Waals surface area contributed by atoms with Crippen molar-refractivity contribution in [1.82, 2.24) is 9.88 Å². The molecule has 23 heavy (non-hydrogen) atoms. The molecule has 2 aromatic rings. The van der Waals surface area contributed by atoms with E-state index in [4.69, 9.17) is 16.0 Å². The van der Waals surface area contributed by atoms with Crippen LogP contribution in [0.5, 0.6) is 0 Å². The molecule has 1 saturated heterocycles. The number of nitrogens with zero attached hydrogens (tertiary/aromatic N) is 2. The van der Waals surface area contributed by atoms with Gasteiger partial charge in [-0.1, -0.05) is 32.4 Å². The first kappa shape index (κ1) is 16.1. The molecule has 1 fully saturated rings. The summed E-state index contributed by atoms with van der Waals surface area (Å²) < 4.78 is 5.69. The molecule has 1 aromatic heterocycles. The lowest BCUT2D eigenvalue weighted by atomic mass is 9.93. The van der Waals surface area contributed by atoms with E-state index < -0.39 is 0 Å². The second-order valence-electron chi connectivity index (χ2n) is 7.09. The minimum absolute atomic E-state index is 0.215. The van der Waals surface area contributed by atoms with Gasteiger partial charge in [0, 0.05) is 35.6 Å². The molecular weight excluding hydrogens is 314 g/mol. The number of carbonyl (C=O) groups excluding carboxylic acids is 1. The summed E-state index contributed by atoms with van der Waals surface area (Å²) in [5.41, 5.74) is 1.15. The lowest BCUT2D eigenvalue weighted by Crippen LogP contribution is -2.46. The molecule has 6 heteroatoms. The largest absolute Gasteiger partial charge is 0.423 e. The van der Waals surface area contributed by atoms with Gasteiger partial charge >= 0.3 is 0 Å². The van der Waals surface area contributed by atoms with E-state index in [0.29, 0.717) is 16.6 Å². The Hall–Kier alpha value is -1.75. The molecular formula is C17H22ClN3O2. The monoisotopic (exact) mass is 335 g/mol. The summed E-state index contributed by atoms with van der Waals surface area (Å²) in [7, 11) is 0. The van der Waals surface area contributed by atoms with Gasteiger partial charge in [-0.2, -0.15) is 4.98 Å². The summed E-state index contributed by atoms with van der Waals surface area (Å²) in [6.45, 7) is 7.41. The Labute approximate surface area is 141 Å². The molecule has 3 rings (SSSR count). The zero-order chi connectivity index (χ0) is 16.6. The molecule has 0 aliphatic carbocycles. The van der Waals surface area contributed by atoms with Crippen molar-refractivity contribution < 1.29 is 9.21 Å². The molecule has 0 radical (unpaired) electrons. The second-order valence-corrected chi connectivity index (χ2v) is 7.53. The number of aromatic nitrogens is 1. The highest BCUT2D eigenvalue weighted by molar-refractivity contribution is 6.31. The number of likely N-dealkylation sites (tertiary alicyclic amines) is 1. The van der Waals surface area contributed by atoms with Crippen molar-refractivity contribution in [2.45, 2.75) is 39.7 Å². The Bertz CT molecular complexity index is 712. The quantitative estimate of drug-likeness (QED) is 0.903. The van der Waals surface area contributed by atoms with Gasteiger partial charge in [-0.25, -0.2) is 0 Å². The molecule has 2 heterocycles. The average molecular weight is 336 g/mol. The van der Waals surface area contributed by atoms with Crippen LogP contribution in [-0.2, 0) is 4.79 Å². The van der Waals surface area contributed by atoms with Crippen LogP contribution in [0.3, 0.4) is 0 Å². The van der Waals surface area contributed by atoms with Gasteiger partial charge in [-0.05, 0) is 25.0 Å². The Morgan fingerprint density at radius 2 is 2.04 bits per heavy atom. The summed E-state index contributed by atoms with van der Waals surface area (Å²) in [5.74, 6) is 0.215. The predicted molar refractivity (Wildman–Crippen MR) is 91.7 cm³/mol. The Kier molecular flexibility index (Phi) is 4.23. The fourth-order valence-electron chi connectivity index (χ4n) is 2.84. The number of halogens is 1. The van der Waals surface area contributed by atoms with Gasteiger partial charge in [0.15, 0.2) is 5.58 Å². The number of fused-ring (bicyclic) bond motifs is 1. The van der Waals surface area contributed by atoms with Crippen molar-refractivity contribution in [2.24, 2.45) is 5.41 Å². The SMILES string of the molecule is CC(C)(C)C(=O)N1CCC(Nc2nc3ccc(Cl)cc3o2)CC1. The molecule has 1 aromatic carbocycles. The summed E-state index contributed by atoms with van der Waals surface area (Å²) in [4.78, 5) is 18.7. The van der Waals surface area contributed by atoms with E-state index in [1.807, 2.05) is 31.7 Å². The van der Waals surface area contributed by atoms with Crippen molar-refractivity contribution in [1.29, 1.82) is 0 Å². The molecule has 1 aliphatic rings. The molecule has 1 aliphatic heterocycles. The molecule has 0 atom stereocenters. The minimum atomic E-state index is -0.320. The number of hydrogen-bond donors (Lipinski definition) is 1. The van der Waals surface area contributed by atoms with E-state index in [1.54, 1.807) is 12.1 Å². The minimum Gasteiger partial charge on any atom is -0.423 e. The normalized spacial score (nSPS) is 16.8. The highest BCUT2D eigenvalue weighted by Gasteiger charge is 2.30. The predicted octanol–water partition coefficient (Wildman–Crippen LogP) is 3.93. The highest BCUT2D eigenvalue weighted by Crippen LogP contribution is 2.25. The van der Waals surface area contributed by atoms with Crippen molar-refractivity contribution in [3.05, 3.63) is 23.2 Å². The smallest absolute Gasteiger partial charge is 0.295 e. The second kappa shape index (κ2) is 6.04. The lowest BCUT2D eigenvalue weighted by Gasteiger charge is -2.35. The van der Waals surface area contributed by atoms with E-state index in [0.717, 1.165) is 31.4 Å². The van der Waals surface area contributed by atoms with Crippen LogP contribution < -0.4 is 5.32 Å². The van der Waals surface area contributed by atoms with Crippen LogP contribution in [0.2, 0.25) is 5.02 Å². The zero-order valence-corrected chi connectivity index (χ0v) is 14.5. The molecule has 0 saturated carbocycles. The standard InChI is InChI=1S/C17H22ClN3O2/c1-17(2,3)15(22)21-8-6-12(7-9-21)19-16-20-13-5-4-11(18)10-14(13)23-16/h4-5,10,12H,6-9H2,1-3H3,(H,19,20). The van der Waals surface area contributed by atoms with E-state index in [2.05, 4.69) is 10.3 Å². The first-order chi connectivity index (χ1) is 10.8. The van der Waals surface area contributed by atoms with E-state index in [9.17, 15) is 4.79 Å². The number of hydrogen-bond acceptors (Lipinski definition) is 4. The third-order valence-corrected chi connectivity index (χ3v) is 4.34. The molecule has 5 nitrogen and oxygen atoms in total. The lowest BCUT2D eigenvalue weighted by molar-refractivity contribution is -0.140. The van der Waals surface area contributed by atoms with Gasteiger partial charge in [0.1, 0.15) is 5.52 Å². The van der Waals surface area contributed by atoms with E-state index in [-0.39, 0.29) is 17.4 Å². The Morgan fingerprint density at radius 3 is 2.70 bits per heavy atom. The van der Waals surface area contributed by atoms with Crippen molar-refractivity contribution in [3.63, 3.8) is 0 Å². The summed E-state index contributed by atoms with van der Waals surface area (Å²) in [6, 6.07) is 6.19. The fourth-order valence-corrected chi connectivity index (χ4v) is 3.00. The number of benzene rings is 1. The summed E-state index contributed by atoms with van der Waals surface area (Å²) in [6.07, 6.45) is 1.78. The van der Waals surface area contributed by atoms with E-state index in [1.165, 1.54) is 0 Å². The van der Waals surface area contributed by atoms with Gasteiger partial charge in [0.05, 0.1) is 0 Å². The number of nitrogens with one attached hydrogen (secondary N) is 1. The topological polar surface area (TPSA) is 58.4 Å². The summed E-state index contributed by atoms with van der Waals surface area (Å²) >= 11 is 5.96. The molecule has 124 valence electrons. The number of amides is 1. The molecule has 1 N–H and O–H groups in total. The van der Waals surface area contributed by atoms with Crippen molar-refractivity contribution in [2.75, 3.05) is 18.4 Å². The van der Waals surface area contributed by atoms with Crippen LogP contribution in [0.1, 0.15) is 33.6 Å². The van der Waals surface area contributed by atoms with Gasteiger partial charge in [-0.3, -0.25) is 4.79 Å². The van der Waals surface area contributed by atoms with Crippen LogP contribution in [0.4, 0.5) is 6.01 Å². The molecule has 0 spiro atoms. The average Bonchev–Trinajstić information content (AvgIpc) is 2.87. The van der Waals surface area contributed by atoms with Crippen LogP contribution in [0.25, 0.3) is 11.1 Å². The number of rotatable bonds is 2. The zero-order valence-electron chi connectivity index (χ0n) is 13.7. The highest BCUT2D eigenvalue weighted by atomic mass is 35.5. The van der Waals surface area contributed by atoms with Crippen LogP contribution in [0.15, 0.2) is 22.6 Å². The van der Waals surface area contributed by atoms with E-state index >= 15 is 0 Å². The number of piperidine rings is 1. The molecule has 0 bridgehead atoms. The van der Waals surface area contributed by atoms with Crippen LogP contribution in [0, 0.1) is 5.41 Å². The summed E-state index contributed by atoms with van der Waals surface area (Å²) in [5, 5.41) is 3.96. The first-order valence-electron chi connectivity index (χ1n) is 7.95. The third-order valence-electron chi connectivity index (χ3n) is 4.10. The van der Waals surface area contributed by atoms with Gasteiger partial charge < -0.3 is 14.6 Å². The van der Waals surface area contributed by atoms with Crippen molar-refractivity contribution >= 4 is 34.6 Å². The van der Waals surface area contributed by atoms with Gasteiger partial charge in [0.25, 0.3) is 6.01 Å². The maximum absolute atomic E-state index is 12.3.